The van der Waals surface area contributed by atoms with Gasteiger partial charge in [-0.1, -0.05) is 6.92 Å². The topological polar surface area (TPSA) is 23.1 Å². The summed E-state index contributed by atoms with van der Waals surface area (Å²) in [6.45, 7) is 1.57. The van der Waals surface area contributed by atoms with Gasteiger partial charge in [0.1, 0.15) is 0 Å². The molecule has 0 aromatic rings. The Kier molecular flexibility index (Phi) is 63.4. The number of hydrogen-bond donors (Lipinski definition) is 0. The summed E-state index contributed by atoms with van der Waals surface area (Å²) in [7, 11) is 0. The molecule has 0 aromatic heterocycles. The van der Waals surface area contributed by atoms with Gasteiger partial charge in [0.15, 0.2) is 0 Å². The molecule has 0 spiro atoms. The first-order chi connectivity index (χ1) is 1.41. The SMILES string of the molecule is CC[O-].[Cl-].[H-].[H-].[Zr+4]. The molecule has 0 amide bonds. The molecule has 0 aromatic carbocycles. The van der Waals surface area contributed by atoms with E-state index in [2.05, 4.69) is 0 Å². The predicted molar refractivity (Wildman–Crippen MR) is 12.8 cm³/mol. The van der Waals surface area contributed by atoms with E-state index in [1.165, 1.54) is 0 Å². The Labute approximate surface area is 60.3 Å². The smallest absolute Gasteiger partial charge is 1.00 e. The van der Waals surface area contributed by atoms with Crippen LogP contribution < -0.4 is 17.5 Å². The summed E-state index contributed by atoms with van der Waals surface area (Å²) in [5.41, 5.74) is 0. The number of hydrogen-bond acceptors (Lipinski definition) is 1. The first-order valence-corrected chi connectivity index (χ1v) is 0.996. The Bertz CT molecular complexity index is 15.7. The third-order valence-electron chi connectivity index (χ3n) is 0. The summed E-state index contributed by atoms with van der Waals surface area (Å²) >= 11 is 0. The van der Waals surface area contributed by atoms with Crippen LogP contribution in [0.2, 0.25) is 0 Å². The van der Waals surface area contributed by atoms with E-state index < -0.39 is 0 Å². The van der Waals surface area contributed by atoms with Crippen LogP contribution in [0.25, 0.3) is 0 Å². The predicted octanol–water partition coefficient (Wildman–Crippen LogP) is -3.41. The molecule has 1 nitrogen and oxygen atoms in total. The summed E-state index contributed by atoms with van der Waals surface area (Å²) in [4.78, 5) is 0. The Morgan fingerprint density at radius 3 is 1.80 bits per heavy atom. The van der Waals surface area contributed by atoms with Gasteiger partial charge in [-0.05, 0) is 0 Å². The third kappa shape index (κ3) is 39.2. The van der Waals surface area contributed by atoms with Crippen LogP contribution in [0, 0.1) is 0 Å². The largest absolute Gasteiger partial charge is 4.00 e. The Morgan fingerprint density at radius 2 is 1.80 bits per heavy atom. The second kappa shape index (κ2) is 19.3. The first kappa shape index (κ1) is 16.5. The van der Waals surface area contributed by atoms with Crippen LogP contribution in [0.5, 0.6) is 0 Å². The Morgan fingerprint density at radius 1 is 1.80 bits per heavy atom. The molecule has 5 heavy (non-hydrogen) atoms. The quantitative estimate of drug-likeness (QED) is 0.375. The fourth-order valence-corrected chi connectivity index (χ4v) is 0. The molecule has 0 fully saturated rings. The Hall–Kier alpha value is 1.13. The van der Waals surface area contributed by atoms with Gasteiger partial charge in [-0.2, -0.15) is 0 Å². The van der Waals surface area contributed by atoms with Crippen molar-refractivity contribution in [2.75, 3.05) is 6.61 Å². The molecule has 0 aliphatic rings. The molecule has 0 saturated carbocycles. The van der Waals surface area contributed by atoms with Crippen molar-refractivity contribution in [3.05, 3.63) is 0 Å². The second-order valence-electron chi connectivity index (χ2n) is 0.289. The second-order valence-corrected chi connectivity index (χ2v) is 0.289. The van der Waals surface area contributed by atoms with Gasteiger partial charge < -0.3 is 20.4 Å². The molecule has 0 rings (SSSR count). The number of rotatable bonds is 0. The molecule has 3 heteroatoms. The van der Waals surface area contributed by atoms with Crippen molar-refractivity contribution in [2.45, 2.75) is 6.92 Å². The van der Waals surface area contributed by atoms with Crippen LogP contribution >= 0.6 is 0 Å². The van der Waals surface area contributed by atoms with Crippen molar-refractivity contribution in [2.24, 2.45) is 0 Å². The zero-order valence-corrected chi connectivity index (χ0v) is 6.21. The van der Waals surface area contributed by atoms with Crippen molar-refractivity contribution in [3.63, 3.8) is 0 Å². The van der Waals surface area contributed by atoms with Crippen LogP contribution in [0.3, 0.4) is 0 Å². The normalized spacial score (nSPS) is 3.60. The fraction of sp³-hybridized carbons (Fsp3) is 1.00. The average Bonchev–Trinajstić information content (AvgIpc) is 0.918. The molecule has 0 N–H and O–H groups in total. The molecule has 0 radical (unpaired) electrons. The summed E-state index contributed by atoms with van der Waals surface area (Å²) < 4.78 is 0. The maximum atomic E-state index is 8.93. The van der Waals surface area contributed by atoms with Gasteiger partial charge in [0, 0.05) is 0 Å². The monoisotopic (exact) mass is 172 g/mol. The summed E-state index contributed by atoms with van der Waals surface area (Å²) in [5.74, 6) is 0. The molecule has 32 valence electrons. The van der Waals surface area contributed by atoms with Crippen LogP contribution in [-0.4, -0.2) is 6.61 Å². The molecular weight excluding hydrogens is 167 g/mol. The van der Waals surface area contributed by atoms with Crippen molar-refractivity contribution in [1.82, 2.24) is 0 Å². The minimum atomic E-state index is 0. The van der Waals surface area contributed by atoms with Crippen molar-refractivity contribution in [1.29, 1.82) is 0 Å². The molecular formula is C2H7ClOZr. The molecule has 0 heterocycles. The zero-order chi connectivity index (χ0) is 2.71. The van der Waals surface area contributed by atoms with Crippen LogP contribution in [0.15, 0.2) is 0 Å². The third-order valence-corrected chi connectivity index (χ3v) is 0. The zero-order valence-electron chi connectivity index (χ0n) is 4.99. The maximum absolute atomic E-state index is 8.93. The van der Waals surface area contributed by atoms with E-state index in [0.29, 0.717) is 0 Å². The average molecular weight is 174 g/mol. The van der Waals surface area contributed by atoms with Gasteiger partial charge >= 0.3 is 26.2 Å². The molecule has 0 atom stereocenters. The van der Waals surface area contributed by atoms with Gasteiger partial charge in [-0.3, -0.25) is 0 Å². The molecule has 0 saturated heterocycles. The van der Waals surface area contributed by atoms with Crippen molar-refractivity contribution < 1.29 is 46.6 Å². The fourth-order valence-electron chi connectivity index (χ4n) is 0. The minimum Gasteiger partial charge on any atom is -1.00 e. The maximum Gasteiger partial charge on any atom is 4.00 e. The van der Waals surface area contributed by atoms with E-state index in [0.717, 1.165) is 0 Å². The van der Waals surface area contributed by atoms with Crippen LogP contribution in [0.4, 0.5) is 0 Å². The molecule has 0 unspecified atom stereocenters. The van der Waals surface area contributed by atoms with Crippen molar-refractivity contribution >= 4 is 0 Å². The first-order valence-electron chi connectivity index (χ1n) is 0.996. The van der Waals surface area contributed by atoms with Crippen LogP contribution in [0.1, 0.15) is 9.78 Å². The van der Waals surface area contributed by atoms with E-state index in [1.807, 2.05) is 0 Å². The minimum absolute atomic E-state index is 0. The van der Waals surface area contributed by atoms with Gasteiger partial charge in [0.05, 0.1) is 0 Å². The van der Waals surface area contributed by atoms with Gasteiger partial charge in [-0.25, -0.2) is 0 Å². The van der Waals surface area contributed by atoms with Gasteiger partial charge in [0.25, 0.3) is 0 Å². The van der Waals surface area contributed by atoms with Crippen molar-refractivity contribution in [3.8, 4) is 0 Å². The standard InChI is InChI=1S/C2H5O.ClH.Zr.2H/c1-2-3;;;;/h2H2,1H3;1H;;;/q-1;;+4;2*-1/p-1. The number of halogens is 1. The molecule has 0 aliphatic heterocycles. The summed E-state index contributed by atoms with van der Waals surface area (Å²) in [6, 6.07) is 0. The summed E-state index contributed by atoms with van der Waals surface area (Å²) in [6.07, 6.45) is 0. The van der Waals surface area contributed by atoms with Crippen LogP contribution in [-0.2, 0) is 26.2 Å². The Balaban J connectivity index is -0.00000000333. The molecule has 0 bridgehead atoms. The van der Waals surface area contributed by atoms with Gasteiger partial charge in [-0.15, -0.1) is 6.61 Å². The van der Waals surface area contributed by atoms with E-state index in [4.69, 9.17) is 5.11 Å². The van der Waals surface area contributed by atoms with E-state index in [-0.39, 0.29) is 48.1 Å². The summed E-state index contributed by atoms with van der Waals surface area (Å²) in [5, 5.41) is 8.93. The molecule has 0 aliphatic carbocycles. The van der Waals surface area contributed by atoms with E-state index in [9.17, 15) is 0 Å². The van der Waals surface area contributed by atoms with Gasteiger partial charge in [0.2, 0.25) is 0 Å². The van der Waals surface area contributed by atoms with E-state index in [1.54, 1.807) is 6.92 Å². The van der Waals surface area contributed by atoms with E-state index >= 15 is 0 Å².